The van der Waals surface area contributed by atoms with Crippen molar-refractivity contribution in [2.75, 3.05) is 12.3 Å². The van der Waals surface area contributed by atoms with E-state index in [0.717, 1.165) is 0 Å². The van der Waals surface area contributed by atoms with Gasteiger partial charge in [0.25, 0.3) is 5.91 Å². The van der Waals surface area contributed by atoms with Gasteiger partial charge in [0.15, 0.2) is 0 Å². The third-order valence-corrected chi connectivity index (χ3v) is 2.16. The first kappa shape index (κ1) is 14.1. The van der Waals surface area contributed by atoms with Crippen LogP contribution in [0.15, 0.2) is 18.2 Å². The summed E-state index contributed by atoms with van der Waals surface area (Å²) in [5.74, 6) is -0.451. The predicted molar refractivity (Wildman–Crippen MR) is 60.2 cm³/mol. The summed E-state index contributed by atoms with van der Waals surface area (Å²) in [5.41, 5.74) is 10.9. The molecule has 0 aliphatic carbocycles. The molecule has 100 valence electrons. The predicted octanol–water partition coefficient (Wildman–Crippen LogP) is 2.09. The Balaban J connectivity index is 2.53. The van der Waals surface area contributed by atoms with Gasteiger partial charge in [0.2, 0.25) is 0 Å². The van der Waals surface area contributed by atoms with Crippen molar-refractivity contribution in [2.24, 2.45) is 5.73 Å². The zero-order chi connectivity index (χ0) is 13.8. The van der Waals surface area contributed by atoms with Crippen molar-refractivity contribution < 1.29 is 22.7 Å². The number of carbonyl (C=O) groups is 1. The second-order valence-corrected chi connectivity index (χ2v) is 3.68. The quantitative estimate of drug-likeness (QED) is 0.630. The monoisotopic (exact) mass is 262 g/mol. The number of rotatable bonds is 5. The topological polar surface area (TPSA) is 78.3 Å². The molecular weight excluding hydrogens is 249 g/mol. The van der Waals surface area contributed by atoms with Crippen molar-refractivity contribution >= 4 is 11.6 Å². The Morgan fingerprint density at radius 2 is 2.00 bits per heavy atom. The van der Waals surface area contributed by atoms with Crippen LogP contribution in [0, 0.1) is 0 Å². The lowest BCUT2D eigenvalue weighted by Crippen LogP contribution is -2.14. The number of nitrogen functional groups attached to an aromatic ring is 1. The van der Waals surface area contributed by atoms with E-state index in [-0.39, 0.29) is 30.0 Å². The molecule has 0 aliphatic heterocycles. The second-order valence-electron chi connectivity index (χ2n) is 3.68. The fourth-order valence-electron chi connectivity index (χ4n) is 1.30. The Morgan fingerprint density at radius 3 is 2.56 bits per heavy atom. The molecule has 0 atom stereocenters. The van der Waals surface area contributed by atoms with Gasteiger partial charge in [-0.05, 0) is 24.6 Å². The Labute approximate surface area is 102 Å². The van der Waals surface area contributed by atoms with Crippen molar-refractivity contribution in [2.45, 2.75) is 19.0 Å². The first-order valence-electron chi connectivity index (χ1n) is 5.18. The zero-order valence-corrected chi connectivity index (χ0v) is 9.46. The number of ether oxygens (including phenoxy) is 1. The lowest BCUT2D eigenvalue weighted by Gasteiger charge is -2.09. The van der Waals surface area contributed by atoms with Gasteiger partial charge in [0.05, 0.1) is 12.2 Å². The summed E-state index contributed by atoms with van der Waals surface area (Å²) in [6.45, 7) is -0.0956. The number of halogens is 3. The molecule has 0 spiro atoms. The van der Waals surface area contributed by atoms with Gasteiger partial charge in [0, 0.05) is 12.1 Å². The Morgan fingerprint density at radius 1 is 1.33 bits per heavy atom. The summed E-state index contributed by atoms with van der Waals surface area (Å²) in [6, 6.07) is 4.19. The first-order valence-corrected chi connectivity index (χ1v) is 5.18. The highest BCUT2D eigenvalue weighted by molar-refractivity contribution is 5.98. The summed E-state index contributed by atoms with van der Waals surface area (Å²) < 4.78 is 40.7. The van der Waals surface area contributed by atoms with Crippen molar-refractivity contribution in [3.8, 4) is 5.75 Å². The van der Waals surface area contributed by atoms with E-state index in [0.29, 0.717) is 0 Å². The van der Waals surface area contributed by atoms with Gasteiger partial charge in [-0.3, -0.25) is 4.79 Å². The molecule has 0 heterocycles. The average Bonchev–Trinajstić information content (AvgIpc) is 2.24. The van der Waals surface area contributed by atoms with Crippen molar-refractivity contribution in [3.63, 3.8) is 0 Å². The van der Waals surface area contributed by atoms with Crippen LogP contribution in [0.5, 0.6) is 5.75 Å². The highest BCUT2D eigenvalue weighted by atomic mass is 19.4. The minimum Gasteiger partial charge on any atom is -0.494 e. The molecule has 18 heavy (non-hydrogen) atoms. The molecule has 0 aromatic heterocycles. The molecule has 0 aliphatic rings. The van der Waals surface area contributed by atoms with E-state index in [4.69, 9.17) is 16.2 Å². The van der Waals surface area contributed by atoms with Gasteiger partial charge in [-0.1, -0.05) is 0 Å². The fourth-order valence-corrected chi connectivity index (χ4v) is 1.30. The van der Waals surface area contributed by atoms with Crippen LogP contribution in [-0.4, -0.2) is 18.7 Å². The maximum atomic E-state index is 11.9. The van der Waals surface area contributed by atoms with Crippen LogP contribution in [0.4, 0.5) is 18.9 Å². The summed E-state index contributed by atoms with van der Waals surface area (Å²) >= 11 is 0. The van der Waals surface area contributed by atoms with E-state index in [1.807, 2.05) is 0 Å². The van der Waals surface area contributed by atoms with Crippen LogP contribution in [0.1, 0.15) is 23.2 Å². The maximum absolute atomic E-state index is 11.9. The van der Waals surface area contributed by atoms with Crippen LogP contribution in [0.3, 0.4) is 0 Å². The number of anilines is 1. The normalized spacial score (nSPS) is 11.3. The van der Waals surface area contributed by atoms with Crippen LogP contribution in [0.2, 0.25) is 0 Å². The summed E-state index contributed by atoms with van der Waals surface area (Å²) in [6.07, 6.45) is -5.26. The van der Waals surface area contributed by atoms with Crippen molar-refractivity contribution in [1.82, 2.24) is 0 Å². The van der Waals surface area contributed by atoms with Gasteiger partial charge < -0.3 is 16.2 Å². The molecule has 7 heteroatoms. The molecule has 0 saturated carbocycles. The number of benzene rings is 1. The number of primary amides is 1. The van der Waals surface area contributed by atoms with Gasteiger partial charge in [-0.25, -0.2) is 0 Å². The number of hydrogen-bond acceptors (Lipinski definition) is 3. The summed E-state index contributed by atoms with van der Waals surface area (Å²) in [5, 5.41) is 0. The van der Waals surface area contributed by atoms with Gasteiger partial charge >= 0.3 is 6.18 Å². The molecule has 1 aromatic rings. The third-order valence-electron chi connectivity index (χ3n) is 2.16. The molecule has 0 unspecified atom stereocenters. The van der Waals surface area contributed by atoms with Crippen LogP contribution >= 0.6 is 0 Å². The first-order chi connectivity index (χ1) is 8.29. The van der Waals surface area contributed by atoms with Crippen LogP contribution in [-0.2, 0) is 0 Å². The molecule has 1 rings (SSSR count). The lowest BCUT2D eigenvalue weighted by atomic mass is 10.1. The largest absolute Gasteiger partial charge is 0.494 e. The van der Waals surface area contributed by atoms with E-state index >= 15 is 0 Å². The molecular formula is C11H13F3N2O2. The van der Waals surface area contributed by atoms with E-state index in [2.05, 4.69) is 0 Å². The Bertz CT molecular complexity index is 433. The molecule has 4 N–H and O–H groups in total. The standard InChI is InChI=1S/C11H13F3N2O2/c12-11(13,14)4-1-5-18-7-2-3-9(15)8(6-7)10(16)17/h2-3,6H,1,4-5,15H2,(H2,16,17). The minimum atomic E-state index is -4.19. The van der Waals surface area contributed by atoms with Gasteiger partial charge in [-0.15, -0.1) is 0 Å². The van der Waals surface area contributed by atoms with Gasteiger partial charge in [0.1, 0.15) is 5.75 Å². The van der Waals surface area contributed by atoms with Crippen molar-refractivity contribution in [3.05, 3.63) is 23.8 Å². The number of amides is 1. The maximum Gasteiger partial charge on any atom is 0.389 e. The highest BCUT2D eigenvalue weighted by Gasteiger charge is 2.26. The molecule has 0 fully saturated rings. The summed E-state index contributed by atoms with van der Waals surface area (Å²) in [4.78, 5) is 11.0. The fraction of sp³-hybridized carbons (Fsp3) is 0.364. The molecule has 0 radical (unpaired) electrons. The summed E-state index contributed by atoms with van der Waals surface area (Å²) in [7, 11) is 0. The van der Waals surface area contributed by atoms with E-state index in [9.17, 15) is 18.0 Å². The second kappa shape index (κ2) is 5.61. The van der Waals surface area contributed by atoms with E-state index < -0.39 is 18.5 Å². The molecule has 0 saturated heterocycles. The molecule has 1 aromatic carbocycles. The van der Waals surface area contributed by atoms with E-state index in [1.54, 1.807) is 0 Å². The molecule has 0 bridgehead atoms. The zero-order valence-electron chi connectivity index (χ0n) is 9.46. The molecule has 4 nitrogen and oxygen atoms in total. The average molecular weight is 262 g/mol. The Hall–Kier alpha value is -1.92. The smallest absolute Gasteiger partial charge is 0.389 e. The number of alkyl halides is 3. The molecule has 1 amide bonds. The number of carbonyl (C=O) groups excluding carboxylic acids is 1. The Kier molecular flexibility index (Phi) is 4.41. The van der Waals surface area contributed by atoms with Gasteiger partial charge in [-0.2, -0.15) is 13.2 Å². The highest BCUT2D eigenvalue weighted by Crippen LogP contribution is 2.22. The number of hydrogen-bond donors (Lipinski definition) is 2. The van der Waals surface area contributed by atoms with E-state index in [1.165, 1.54) is 18.2 Å². The third kappa shape index (κ3) is 4.52. The van der Waals surface area contributed by atoms with Crippen LogP contribution in [0.25, 0.3) is 0 Å². The SMILES string of the molecule is NC(=O)c1cc(OCCCC(F)(F)F)ccc1N. The minimum absolute atomic E-state index is 0.0864. The van der Waals surface area contributed by atoms with Crippen molar-refractivity contribution in [1.29, 1.82) is 0 Å². The lowest BCUT2D eigenvalue weighted by molar-refractivity contribution is -0.136. The number of nitrogens with two attached hydrogens (primary N) is 2. The van der Waals surface area contributed by atoms with Crippen LogP contribution < -0.4 is 16.2 Å².